The van der Waals surface area contributed by atoms with Crippen molar-refractivity contribution < 1.29 is 9.13 Å². The van der Waals surface area contributed by atoms with Gasteiger partial charge in [-0.3, -0.25) is 9.56 Å². The van der Waals surface area contributed by atoms with Crippen LogP contribution in [0.5, 0.6) is 0 Å². The van der Waals surface area contributed by atoms with E-state index in [1.165, 1.54) is 0 Å². The standard InChI is InChI=1S/C25H27N3OP/c1-3-8-21(13-16-26-4-2)24-11-12-25(28(24)23-9-6-5-7-10-23)22-14-17-27(18-15-22)19-20-30-29/h3,5-18H,4,19-20H2,1-2H3/q+1/b8-3-,21-13+,26-16?. The minimum absolute atomic E-state index is 0.176. The van der Waals surface area contributed by atoms with Crippen LogP contribution in [0.3, 0.4) is 0 Å². The summed E-state index contributed by atoms with van der Waals surface area (Å²) >= 11 is 0. The van der Waals surface area contributed by atoms with Crippen LogP contribution in [0.4, 0.5) is 0 Å². The average molecular weight is 416 g/mol. The van der Waals surface area contributed by atoms with Crippen LogP contribution < -0.4 is 4.57 Å². The summed E-state index contributed by atoms with van der Waals surface area (Å²) in [5.41, 5.74) is 5.57. The van der Waals surface area contributed by atoms with Gasteiger partial charge in [0.2, 0.25) is 0 Å². The molecule has 30 heavy (non-hydrogen) atoms. The zero-order valence-electron chi connectivity index (χ0n) is 17.5. The maximum atomic E-state index is 10.7. The van der Waals surface area contributed by atoms with E-state index in [9.17, 15) is 4.57 Å². The van der Waals surface area contributed by atoms with Gasteiger partial charge < -0.3 is 4.57 Å². The maximum Gasteiger partial charge on any atom is 0.169 e. The molecule has 2 heterocycles. The van der Waals surface area contributed by atoms with Crippen molar-refractivity contribution in [2.45, 2.75) is 20.4 Å². The van der Waals surface area contributed by atoms with Crippen LogP contribution in [0.2, 0.25) is 0 Å². The number of benzene rings is 1. The number of hydrogen-bond acceptors (Lipinski definition) is 2. The molecule has 0 bridgehead atoms. The molecule has 0 atom stereocenters. The fraction of sp³-hybridized carbons (Fsp3) is 0.200. The molecule has 0 aliphatic rings. The number of aryl methyl sites for hydroxylation is 1. The Morgan fingerprint density at radius 3 is 2.53 bits per heavy atom. The van der Waals surface area contributed by atoms with E-state index in [0.717, 1.165) is 41.3 Å². The molecule has 0 aliphatic carbocycles. The Kier molecular flexibility index (Phi) is 8.05. The molecule has 3 rings (SSSR count). The molecule has 0 N–H and O–H groups in total. The Morgan fingerprint density at radius 2 is 1.87 bits per heavy atom. The second kappa shape index (κ2) is 11.2. The van der Waals surface area contributed by atoms with Crippen molar-refractivity contribution >= 4 is 20.2 Å². The zero-order chi connectivity index (χ0) is 21.2. The fourth-order valence-electron chi connectivity index (χ4n) is 3.32. The van der Waals surface area contributed by atoms with Crippen molar-refractivity contribution in [3.63, 3.8) is 0 Å². The Hall–Kier alpha value is -3.10. The van der Waals surface area contributed by atoms with E-state index in [1.54, 1.807) is 0 Å². The largest absolute Gasteiger partial charge is 0.309 e. The molecular formula is C25H27N3OP+. The van der Waals surface area contributed by atoms with Crippen molar-refractivity contribution in [2.75, 3.05) is 12.7 Å². The van der Waals surface area contributed by atoms with Crippen molar-refractivity contribution in [3.8, 4) is 16.9 Å². The van der Waals surface area contributed by atoms with Gasteiger partial charge in [-0.15, -0.1) is 0 Å². The highest BCUT2D eigenvalue weighted by molar-refractivity contribution is 7.23. The lowest BCUT2D eigenvalue weighted by atomic mass is 10.1. The zero-order valence-corrected chi connectivity index (χ0v) is 18.4. The lowest BCUT2D eigenvalue weighted by molar-refractivity contribution is -0.692. The van der Waals surface area contributed by atoms with E-state index < -0.39 is 0 Å². The summed E-state index contributed by atoms with van der Waals surface area (Å²) in [6, 6.07) is 18.9. The lowest BCUT2D eigenvalue weighted by Gasteiger charge is -2.14. The molecule has 0 saturated carbocycles. The van der Waals surface area contributed by atoms with E-state index >= 15 is 0 Å². The third-order valence-corrected chi connectivity index (χ3v) is 5.10. The van der Waals surface area contributed by atoms with Crippen LogP contribution in [-0.2, 0) is 11.1 Å². The SMILES string of the molecule is C/C=C\C(=C/C=NCC)c1ccc(-c2cc[n+](CCP=O)cc2)n1-c1ccccc1. The molecular weight excluding hydrogens is 389 g/mol. The third-order valence-electron chi connectivity index (χ3n) is 4.72. The predicted molar refractivity (Wildman–Crippen MR) is 126 cm³/mol. The summed E-state index contributed by atoms with van der Waals surface area (Å²) in [6.45, 7) is 5.56. The molecule has 152 valence electrons. The van der Waals surface area contributed by atoms with Crippen molar-refractivity contribution in [1.29, 1.82) is 0 Å². The van der Waals surface area contributed by atoms with Crippen LogP contribution in [0, 0.1) is 0 Å². The number of rotatable bonds is 9. The minimum Gasteiger partial charge on any atom is -0.309 e. The molecule has 0 fully saturated rings. The molecule has 0 spiro atoms. The molecule has 0 aliphatic heterocycles. The van der Waals surface area contributed by atoms with E-state index in [1.807, 2.05) is 38.5 Å². The molecule has 0 saturated heterocycles. The summed E-state index contributed by atoms with van der Waals surface area (Å²) in [6.07, 6.45) is 12.8. The molecule has 4 nitrogen and oxygen atoms in total. The lowest BCUT2D eigenvalue weighted by Crippen LogP contribution is -2.33. The number of pyridine rings is 1. The van der Waals surface area contributed by atoms with Gasteiger partial charge in [-0.2, -0.15) is 0 Å². The number of allylic oxidation sites excluding steroid dienone is 4. The second-order valence-electron chi connectivity index (χ2n) is 6.72. The van der Waals surface area contributed by atoms with Crippen LogP contribution in [-0.4, -0.2) is 23.5 Å². The van der Waals surface area contributed by atoms with E-state index in [2.05, 4.69) is 80.9 Å². The van der Waals surface area contributed by atoms with E-state index in [4.69, 9.17) is 0 Å². The Morgan fingerprint density at radius 1 is 1.10 bits per heavy atom. The highest BCUT2D eigenvalue weighted by atomic mass is 31.1. The van der Waals surface area contributed by atoms with Gasteiger partial charge in [-0.25, -0.2) is 4.57 Å². The fourth-order valence-corrected chi connectivity index (χ4v) is 3.63. The monoisotopic (exact) mass is 416 g/mol. The molecule has 3 aromatic rings. The van der Waals surface area contributed by atoms with E-state index in [-0.39, 0.29) is 8.46 Å². The first kappa shape index (κ1) is 21.6. The number of aromatic nitrogens is 2. The van der Waals surface area contributed by atoms with Gasteiger partial charge in [-0.1, -0.05) is 30.4 Å². The molecule has 2 aromatic heterocycles. The number of nitrogens with zero attached hydrogens (tertiary/aromatic N) is 3. The molecule has 0 amide bonds. The summed E-state index contributed by atoms with van der Waals surface area (Å²) in [4.78, 5) is 4.35. The summed E-state index contributed by atoms with van der Waals surface area (Å²) in [5, 5.41) is 0. The smallest absolute Gasteiger partial charge is 0.169 e. The quantitative estimate of drug-likeness (QED) is 0.189. The topological polar surface area (TPSA) is 38.2 Å². The van der Waals surface area contributed by atoms with Crippen molar-refractivity contribution in [1.82, 2.24) is 4.57 Å². The van der Waals surface area contributed by atoms with Gasteiger partial charge in [0.1, 0.15) is 0 Å². The van der Waals surface area contributed by atoms with E-state index in [0.29, 0.717) is 6.16 Å². The summed E-state index contributed by atoms with van der Waals surface area (Å²) in [5.74, 6) is 0. The van der Waals surface area contributed by atoms with Crippen molar-refractivity contribution in [3.05, 3.63) is 90.9 Å². The highest BCUT2D eigenvalue weighted by Crippen LogP contribution is 2.30. The Balaban J connectivity index is 2.12. The molecule has 0 unspecified atom stereocenters. The average Bonchev–Trinajstić information content (AvgIpc) is 3.23. The van der Waals surface area contributed by atoms with Gasteiger partial charge in [-0.05, 0) is 49.8 Å². The highest BCUT2D eigenvalue weighted by Gasteiger charge is 2.15. The van der Waals surface area contributed by atoms with Gasteiger partial charge in [0.05, 0.1) is 17.5 Å². The number of aliphatic imine (C=N–C) groups is 1. The third kappa shape index (κ3) is 5.28. The van der Waals surface area contributed by atoms with Crippen LogP contribution in [0.25, 0.3) is 22.5 Å². The van der Waals surface area contributed by atoms with Gasteiger partial charge in [0.25, 0.3) is 0 Å². The first-order valence-corrected chi connectivity index (χ1v) is 11.2. The van der Waals surface area contributed by atoms with Crippen LogP contribution in [0.15, 0.2) is 90.2 Å². The van der Waals surface area contributed by atoms with Gasteiger partial charge in [0, 0.05) is 36.1 Å². The van der Waals surface area contributed by atoms with Crippen molar-refractivity contribution in [2.24, 2.45) is 4.99 Å². The Bertz CT molecular complexity index is 1050. The van der Waals surface area contributed by atoms with Gasteiger partial charge >= 0.3 is 0 Å². The van der Waals surface area contributed by atoms with Gasteiger partial charge in [0.15, 0.2) is 27.4 Å². The predicted octanol–water partition coefficient (Wildman–Crippen LogP) is 5.77. The number of hydrogen-bond donors (Lipinski definition) is 0. The Labute approximate surface area is 180 Å². The normalized spacial score (nSPS) is 12.4. The second-order valence-corrected chi connectivity index (χ2v) is 7.43. The minimum atomic E-state index is 0.176. The van der Waals surface area contributed by atoms with Crippen LogP contribution in [0.1, 0.15) is 19.5 Å². The molecule has 5 heteroatoms. The first-order chi connectivity index (χ1) is 14.8. The maximum absolute atomic E-state index is 10.7. The molecule has 0 radical (unpaired) electrons. The van der Waals surface area contributed by atoms with Crippen LogP contribution >= 0.6 is 8.46 Å². The summed E-state index contributed by atoms with van der Waals surface area (Å²) in [7, 11) is 0.176. The molecule has 1 aromatic carbocycles. The first-order valence-electron chi connectivity index (χ1n) is 10.2. The number of para-hydroxylation sites is 1. The summed E-state index contributed by atoms with van der Waals surface area (Å²) < 4.78 is 15.1.